The van der Waals surface area contributed by atoms with Crippen molar-refractivity contribution >= 4 is 27.5 Å². The molecule has 0 aliphatic heterocycles. The highest BCUT2D eigenvalue weighted by Crippen LogP contribution is 2.32. The van der Waals surface area contributed by atoms with Crippen molar-refractivity contribution in [3.63, 3.8) is 0 Å². The molecule has 0 aliphatic carbocycles. The van der Waals surface area contributed by atoms with Gasteiger partial charge in [-0.2, -0.15) is 0 Å². The van der Waals surface area contributed by atoms with Crippen molar-refractivity contribution in [2.24, 2.45) is 0 Å². The summed E-state index contributed by atoms with van der Waals surface area (Å²) in [7, 11) is 0. The topological polar surface area (TPSA) is 0 Å². The lowest BCUT2D eigenvalue weighted by Gasteiger charge is -2.13. The number of hydrogen-bond acceptors (Lipinski definition) is 0. The molecule has 2 heteroatoms. The fraction of sp³-hybridized carbons (Fsp3) is 0.250. The van der Waals surface area contributed by atoms with Crippen LogP contribution in [0.25, 0.3) is 0 Å². The molecular formula is C16H16BrCl. The first-order valence-electron chi connectivity index (χ1n) is 6.02. The summed E-state index contributed by atoms with van der Waals surface area (Å²) >= 11 is 10.0. The SMILES string of the molecule is Cc1ccc(CC(Br)c2ccc(C)cc2Cl)cc1. The molecule has 0 aliphatic rings. The highest BCUT2D eigenvalue weighted by atomic mass is 79.9. The van der Waals surface area contributed by atoms with Gasteiger partial charge in [0.15, 0.2) is 0 Å². The lowest BCUT2D eigenvalue weighted by atomic mass is 10.0. The Morgan fingerprint density at radius 3 is 2.22 bits per heavy atom. The predicted molar refractivity (Wildman–Crippen MR) is 82.7 cm³/mol. The maximum atomic E-state index is 6.29. The van der Waals surface area contributed by atoms with Crippen LogP contribution in [0.5, 0.6) is 0 Å². The molecule has 2 aromatic carbocycles. The lowest BCUT2D eigenvalue weighted by Crippen LogP contribution is -1.96. The van der Waals surface area contributed by atoms with Crippen LogP contribution in [0.2, 0.25) is 5.02 Å². The van der Waals surface area contributed by atoms with E-state index in [0.717, 1.165) is 17.0 Å². The maximum Gasteiger partial charge on any atom is 0.0452 e. The smallest absolute Gasteiger partial charge is 0.0452 e. The molecule has 1 atom stereocenters. The third-order valence-corrected chi connectivity index (χ3v) is 4.17. The standard InChI is InChI=1S/C16H16BrCl/c1-11-3-6-13(7-4-11)10-15(17)14-8-5-12(2)9-16(14)18/h3-9,15H,10H2,1-2H3. The Hall–Kier alpha value is -0.790. The van der Waals surface area contributed by atoms with E-state index in [1.165, 1.54) is 16.7 Å². The van der Waals surface area contributed by atoms with Gasteiger partial charge >= 0.3 is 0 Å². The first-order valence-corrected chi connectivity index (χ1v) is 7.31. The van der Waals surface area contributed by atoms with Crippen molar-refractivity contribution in [2.75, 3.05) is 0 Å². The Balaban J connectivity index is 2.16. The van der Waals surface area contributed by atoms with Crippen LogP contribution in [-0.2, 0) is 6.42 Å². The highest BCUT2D eigenvalue weighted by Gasteiger charge is 2.12. The van der Waals surface area contributed by atoms with Crippen molar-refractivity contribution in [3.05, 3.63) is 69.7 Å². The van der Waals surface area contributed by atoms with Crippen molar-refractivity contribution < 1.29 is 0 Å². The summed E-state index contributed by atoms with van der Waals surface area (Å²) < 4.78 is 0. The minimum Gasteiger partial charge on any atom is -0.0840 e. The van der Waals surface area contributed by atoms with E-state index in [0.29, 0.717) is 0 Å². The van der Waals surface area contributed by atoms with Gasteiger partial charge in [0, 0.05) is 9.85 Å². The van der Waals surface area contributed by atoms with E-state index in [4.69, 9.17) is 11.6 Å². The fourth-order valence-electron chi connectivity index (χ4n) is 1.93. The van der Waals surface area contributed by atoms with Gasteiger partial charge in [0.05, 0.1) is 0 Å². The zero-order valence-corrected chi connectivity index (χ0v) is 12.9. The van der Waals surface area contributed by atoms with Gasteiger partial charge in [-0.1, -0.05) is 69.5 Å². The molecule has 2 aromatic rings. The molecule has 0 aromatic heterocycles. The van der Waals surface area contributed by atoms with Crippen molar-refractivity contribution in [3.8, 4) is 0 Å². The predicted octanol–water partition coefficient (Wildman–Crippen LogP) is 5.64. The van der Waals surface area contributed by atoms with Crippen LogP contribution in [0.15, 0.2) is 42.5 Å². The largest absolute Gasteiger partial charge is 0.0840 e. The molecule has 0 nitrogen and oxygen atoms in total. The molecule has 1 unspecified atom stereocenters. The Morgan fingerprint density at radius 1 is 1.00 bits per heavy atom. The van der Waals surface area contributed by atoms with E-state index in [1.54, 1.807) is 0 Å². The van der Waals surface area contributed by atoms with E-state index in [2.05, 4.69) is 66.2 Å². The molecule has 18 heavy (non-hydrogen) atoms. The highest BCUT2D eigenvalue weighted by molar-refractivity contribution is 9.09. The molecule has 2 rings (SSSR count). The molecule has 0 heterocycles. The van der Waals surface area contributed by atoms with E-state index in [-0.39, 0.29) is 4.83 Å². The maximum absolute atomic E-state index is 6.29. The Kier molecular flexibility index (Phi) is 4.47. The normalized spacial score (nSPS) is 12.4. The van der Waals surface area contributed by atoms with Gasteiger partial charge in [-0.05, 0) is 43.0 Å². The van der Waals surface area contributed by atoms with Crippen LogP contribution < -0.4 is 0 Å². The van der Waals surface area contributed by atoms with Gasteiger partial charge in [0.1, 0.15) is 0 Å². The molecule has 0 N–H and O–H groups in total. The molecule has 0 fully saturated rings. The molecule has 0 saturated carbocycles. The first-order chi connectivity index (χ1) is 8.56. The molecule has 94 valence electrons. The molecule has 0 amide bonds. The second-order valence-corrected chi connectivity index (χ2v) is 6.19. The Labute approximate surface area is 122 Å². The van der Waals surface area contributed by atoms with E-state index >= 15 is 0 Å². The van der Waals surface area contributed by atoms with Crippen molar-refractivity contribution in [2.45, 2.75) is 25.1 Å². The molecule has 0 saturated heterocycles. The average Bonchev–Trinajstić information content (AvgIpc) is 2.32. The van der Waals surface area contributed by atoms with Gasteiger partial charge in [0.25, 0.3) is 0 Å². The molecule has 0 bridgehead atoms. The van der Waals surface area contributed by atoms with E-state index < -0.39 is 0 Å². The summed E-state index contributed by atoms with van der Waals surface area (Å²) in [5, 5.41) is 0.837. The second kappa shape index (κ2) is 5.90. The van der Waals surface area contributed by atoms with Crippen LogP contribution >= 0.6 is 27.5 Å². The van der Waals surface area contributed by atoms with Crippen LogP contribution in [0, 0.1) is 13.8 Å². The Morgan fingerprint density at radius 2 is 1.61 bits per heavy atom. The minimum absolute atomic E-state index is 0.258. The number of hydrogen-bond donors (Lipinski definition) is 0. The number of alkyl halides is 1. The second-order valence-electron chi connectivity index (χ2n) is 4.68. The summed E-state index contributed by atoms with van der Waals surface area (Å²) in [5.41, 5.74) is 4.96. The molecule has 0 radical (unpaired) electrons. The lowest BCUT2D eigenvalue weighted by molar-refractivity contribution is 0.947. The van der Waals surface area contributed by atoms with Gasteiger partial charge in [0.2, 0.25) is 0 Å². The van der Waals surface area contributed by atoms with Gasteiger partial charge < -0.3 is 0 Å². The minimum atomic E-state index is 0.258. The van der Waals surface area contributed by atoms with E-state index in [9.17, 15) is 0 Å². The van der Waals surface area contributed by atoms with Gasteiger partial charge in [-0.3, -0.25) is 0 Å². The van der Waals surface area contributed by atoms with Crippen molar-refractivity contribution in [1.82, 2.24) is 0 Å². The Bertz CT molecular complexity index is 531. The van der Waals surface area contributed by atoms with Crippen LogP contribution in [0.1, 0.15) is 27.1 Å². The molecular weight excluding hydrogens is 308 g/mol. The summed E-state index contributed by atoms with van der Waals surface area (Å²) in [4.78, 5) is 0.258. The number of aryl methyl sites for hydroxylation is 2. The van der Waals surface area contributed by atoms with Crippen LogP contribution in [-0.4, -0.2) is 0 Å². The van der Waals surface area contributed by atoms with Crippen molar-refractivity contribution in [1.29, 1.82) is 0 Å². The van der Waals surface area contributed by atoms with Gasteiger partial charge in [-0.15, -0.1) is 0 Å². The fourth-order valence-corrected chi connectivity index (χ4v) is 3.20. The zero-order valence-electron chi connectivity index (χ0n) is 10.6. The number of benzene rings is 2. The van der Waals surface area contributed by atoms with Crippen LogP contribution in [0.3, 0.4) is 0 Å². The third-order valence-electron chi connectivity index (χ3n) is 3.03. The number of rotatable bonds is 3. The van der Waals surface area contributed by atoms with Crippen LogP contribution in [0.4, 0.5) is 0 Å². The summed E-state index contributed by atoms with van der Waals surface area (Å²) in [6.45, 7) is 4.16. The van der Waals surface area contributed by atoms with Gasteiger partial charge in [-0.25, -0.2) is 0 Å². The average molecular weight is 324 g/mol. The number of halogens is 2. The quantitative estimate of drug-likeness (QED) is 0.642. The summed E-state index contributed by atoms with van der Waals surface area (Å²) in [5.74, 6) is 0. The monoisotopic (exact) mass is 322 g/mol. The summed E-state index contributed by atoms with van der Waals surface area (Å²) in [6, 6.07) is 14.9. The first kappa shape index (κ1) is 13.6. The van der Waals surface area contributed by atoms with E-state index in [1.807, 2.05) is 6.07 Å². The third kappa shape index (κ3) is 3.37. The molecule has 0 spiro atoms. The summed E-state index contributed by atoms with van der Waals surface area (Å²) in [6.07, 6.45) is 0.947. The zero-order chi connectivity index (χ0) is 13.1.